The molecule has 1 aliphatic heterocycles. The maximum atomic E-state index is 11.7. The number of amides is 1. The van der Waals surface area contributed by atoms with Crippen LogP contribution in [-0.4, -0.2) is 36.5 Å². The largest absolute Gasteiger partial charge is 0.351 e. The number of carbonyl (C=O) groups excluding carboxylic acids is 1. The second-order valence-corrected chi connectivity index (χ2v) is 4.55. The van der Waals surface area contributed by atoms with Gasteiger partial charge in [0.25, 0.3) is 0 Å². The Kier molecular flexibility index (Phi) is 4.12. The number of benzene rings is 1. The topological polar surface area (TPSA) is 58.4 Å². The quantitative estimate of drug-likeness (QED) is 0.788. The van der Waals surface area contributed by atoms with Crippen LogP contribution >= 0.6 is 0 Å². The first-order chi connectivity index (χ1) is 8.24. The highest BCUT2D eigenvalue weighted by Gasteiger charge is 2.20. The van der Waals surface area contributed by atoms with Crippen molar-refractivity contribution in [3.63, 3.8) is 0 Å². The molecule has 1 aliphatic rings. The zero-order valence-electron chi connectivity index (χ0n) is 9.93. The van der Waals surface area contributed by atoms with E-state index in [2.05, 4.69) is 10.2 Å². The average Bonchev–Trinajstić information content (AvgIpc) is 2.73. The Morgan fingerprint density at radius 3 is 2.82 bits per heavy atom. The minimum Gasteiger partial charge on any atom is -0.351 e. The highest BCUT2D eigenvalue weighted by Crippen LogP contribution is 2.05. The van der Waals surface area contributed by atoms with E-state index < -0.39 is 0 Å². The highest BCUT2D eigenvalue weighted by atomic mass is 16.2. The van der Waals surface area contributed by atoms with Crippen LogP contribution in [0.5, 0.6) is 0 Å². The summed E-state index contributed by atoms with van der Waals surface area (Å²) in [5, 5.41) is 2.92. The molecule has 2 rings (SSSR count). The van der Waals surface area contributed by atoms with Gasteiger partial charge < -0.3 is 11.1 Å². The lowest BCUT2D eigenvalue weighted by Gasteiger charge is -2.14. The SMILES string of the molecule is N[C@@H]1CCN(CC(=O)NCc2ccccc2)C1. The molecule has 1 amide bonds. The first kappa shape index (κ1) is 12.1. The van der Waals surface area contributed by atoms with E-state index in [9.17, 15) is 4.79 Å². The Bertz CT molecular complexity index is 366. The molecule has 92 valence electrons. The smallest absolute Gasteiger partial charge is 0.234 e. The Morgan fingerprint density at radius 1 is 1.41 bits per heavy atom. The fourth-order valence-electron chi connectivity index (χ4n) is 2.06. The van der Waals surface area contributed by atoms with Crippen molar-refractivity contribution < 1.29 is 4.79 Å². The van der Waals surface area contributed by atoms with Gasteiger partial charge >= 0.3 is 0 Å². The molecule has 0 saturated carbocycles. The van der Waals surface area contributed by atoms with Crippen molar-refractivity contribution in [1.29, 1.82) is 0 Å². The van der Waals surface area contributed by atoms with Gasteiger partial charge in [0.15, 0.2) is 0 Å². The Labute approximate surface area is 102 Å². The zero-order chi connectivity index (χ0) is 12.1. The van der Waals surface area contributed by atoms with Crippen molar-refractivity contribution in [1.82, 2.24) is 10.2 Å². The maximum Gasteiger partial charge on any atom is 0.234 e. The standard InChI is InChI=1S/C13H19N3O/c14-12-6-7-16(9-12)10-13(17)15-8-11-4-2-1-3-5-11/h1-5,12H,6-10,14H2,(H,15,17)/t12-/m1/s1. The molecule has 1 atom stereocenters. The van der Waals surface area contributed by atoms with Crippen LogP contribution in [0.2, 0.25) is 0 Å². The molecule has 0 radical (unpaired) electrons. The van der Waals surface area contributed by atoms with E-state index in [4.69, 9.17) is 5.73 Å². The molecule has 1 aromatic carbocycles. The van der Waals surface area contributed by atoms with Crippen molar-refractivity contribution >= 4 is 5.91 Å². The number of rotatable bonds is 4. The lowest BCUT2D eigenvalue weighted by molar-refractivity contribution is -0.122. The van der Waals surface area contributed by atoms with Gasteiger partial charge in [0.1, 0.15) is 0 Å². The van der Waals surface area contributed by atoms with Crippen molar-refractivity contribution in [2.24, 2.45) is 5.73 Å². The monoisotopic (exact) mass is 233 g/mol. The van der Waals surface area contributed by atoms with E-state index in [-0.39, 0.29) is 11.9 Å². The van der Waals surface area contributed by atoms with Gasteiger partial charge in [-0.2, -0.15) is 0 Å². The molecule has 4 heteroatoms. The summed E-state index contributed by atoms with van der Waals surface area (Å²) in [7, 11) is 0. The number of nitrogens with one attached hydrogen (secondary N) is 1. The number of carbonyl (C=O) groups is 1. The Morgan fingerprint density at radius 2 is 2.18 bits per heavy atom. The molecule has 1 fully saturated rings. The fourth-order valence-corrected chi connectivity index (χ4v) is 2.06. The van der Waals surface area contributed by atoms with Crippen LogP contribution in [0.1, 0.15) is 12.0 Å². The molecular formula is C13H19N3O. The van der Waals surface area contributed by atoms with E-state index in [0.717, 1.165) is 25.1 Å². The zero-order valence-corrected chi connectivity index (χ0v) is 9.93. The molecule has 0 aliphatic carbocycles. The second kappa shape index (κ2) is 5.80. The van der Waals surface area contributed by atoms with Gasteiger partial charge in [-0.25, -0.2) is 0 Å². The van der Waals surface area contributed by atoms with E-state index in [1.807, 2.05) is 30.3 Å². The predicted octanol–water partition coefficient (Wildman–Crippen LogP) is 0.336. The highest BCUT2D eigenvalue weighted by molar-refractivity contribution is 5.78. The third-order valence-electron chi connectivity index (χ3n) is 3.01. The number of hydrogen-bond donors (Lipinski definition) is 2. The molecule has 4 nitrogen and oxygen atoms in total. The summed E-state index contributed by atoms with van der Waals surface area (Å²) < 4.78 is 0. The second-order valence-electron chi connectivity index (χ2n) is 4.55. The van der Waals surface area contributed by atoms with Crippen LogP contribution in [0.3, 0.4) is 0 Å². The summed E-state index contributed by atoms with van der Waals surface area (Å²) in [6, 6.07) is 10.2. The van der Waals surface area contributed by atoms with E-state index in [1.165, 1.54) is 0 Å². The van der Waals surface area contributed by atoms with Crippen molar-refractivity contribution in [2.75, 3.05) is 19.6 Å². The third-order valence-corrected chi connectivity index (χ3v) is 3.01. The number of hydrogen-bond acceptors (Lipinski definition) is 3. The van der Waals surface area contributed by atoms with E-state index in [1.54, 1.807) is 0 Å². The summed E-state index contributed by atoms with van der Waals surface area (Å²) >= 11 is 0. The molecular weight excluding hydrogens is 214 g/mol. The molecule has 1 aromatic rings. The van der Waals surface area contributed by atoms with Gasteiger partial charge in [-0.15, -0.1) is 0 Å². The summed E-state index contributed by atoms with van der Waals surface area (Å²) in [5.41, 5.74) is 6.92. The van der Waals surface area contributed by atoms with Crippen LogP contribution in [0.25, 0.3) is 0 Å². The predicted molar refractivity (Wildman–Crippen MR) is 67.3 cm³/mol. The molecule has 17 heavy (non-hydrogen) atoms. The Hall–Kier alpha value is -1.39. The van der Waals surface area contributed by atoms with Gasteiger partial charge in [0.05, 0.1) is 6.54 Å². The normalized spacial score (nSPS) is 20.4. The van der Waals surface area contributed by atoms with Crippen LogP contribution < -0.4 is 11.1 Å². The molecule has 0 aromatic heterocycles. The lowest BCUT2D eigenvalue weighted by Crippen LogP contribution is -2.37. The van der Waals surface area contributed by atoms with Crippen LogP contribution in [-0.2, 0) is 11.3 Å². The van der Waals surface area contributed by atoms with Crippen LogP contribution in [0.4, 0.5) is 0 Å². The average molecular weight is 233 g/mol. The molecule has 3 N–H and O–H groups in total. The van der Waals surface area contributed by atoms with Gasteiger partial charge in [-0.3, -0.25) is 9.69 Å². The summed E-state index contributed by atoms with van der Waals surface area (Å²) in [6.45, 7) is 2.82. The van der Waals surface area contributed by atoms with Crippen molar-refractivity contribution in [2.45, 2.75) is 19.0 Å². The number of likely N-dealkylation sites (tertiary alicyclic amines) is 1. The first-order valence-electron chi connectivity index (χ1n) is 6.02. The van der Waals surface area contributed by atoms with Gasteiger partial charge in [0.2, 0.25) is 5.91 Å². The molecule has 0 unspecified atom stereocenters. The lowest BCUT2D eigenvalue weighted by atomic mass is 10.2. The van der Waals surface area contributed by atoms with E-state index >= 15 is 0 Å². The Balaban J connectivity index is 1.71. The molecule has 1 heterocycles. The van der Waals surface area contributed by atoms with Gasteiger partial charge in [0, 0.05) is 25.7 Å². The first-order valence-corrected chi connectivity index (χ1v) is 6.02. The maximum absolute atomic E-state index is 11.7. The van der Waals surface area contributed by atoms with Crippen LogP contribution in [0.15, 0.2) is 30.3 Å². The number of nitrogens with zero attached hydrogens (tertiary/aromatic N) is 1. The fraction of sp³-hybridized carbons (Fsp3) is 0.462. The van der Waals surface area contributed by atoms with Gasteiger partial charge in [-0.05, 0) is 12.0 Å². The van der Waals surface area contributed by atoms with Gasteiger partial charge in [-0.1, -0.05) is 30.3 Å². The molecule has 1 saturated heterocycles. The van der Waals surface area contributed by atoms with Crippen LogP contribution in [0, 0.1) is 0 Å². The minimum atomic E-state index is 0.0722. The summed E-state index contributed by atoms with van der Waals surface area (Å²) in [4.78, 5) is 13.8. The number of nitrogens with two attached hydrogens (primary N) is 1. The summed E-state index contributed by atoms with van der Waals surface area (Å²) in [6.07, 6.45) is 0.992. The molecule has 0 spiro atoms. The summed E-state index contributed by atoms with van der Waals surface area (Å²) in [5.74, 6) is 0.0722. The van der Waals surface area contributed by atoms with Crippen molar-refractivity contribution in [3.05, 3.63) is 35.9 Å². The molecule has 0 bridgehead atoms. The van der Waals surface area contributed by atoms with Crippen molar-refractivity contribution in [3.8, 4) is 0 Å². The van der Waals surface area contributed by atoms with E-state index in [0.29, 0.717) is 13.1 Å². The minimum absolute atomic E-state index is 0.0722. The third kappa shape index (κ3) is 3.84.